The van der Waals surface area contributed by atoms with Crippen molar-refractivity contribution in [1.82, 2.24) is 0 Å². The quantitative estimate of drug-likeness (QED) is 0.619. The molecule has 0 heterocycles. The van der Waals surface area contributed by atoms with E-state index in [1.807, 2.05) is 0 Å². The van der Waals surface area contributed by atoms with E-state index in [1.165, 1.54) is 12.2 Å². The Morgan fingerprint density at radius 1 is 1.00 bits per heavy atom. The van der Waals surface area contributed by atoms with Gasteiger partial charge in [-0.15, -0.1) is 0 Å². The molecule has 0 bridgehead atoms. The van der Waals surface area contributed by atoms with Gasteiger partial charge in [-0.3, -0.25) is 9.59 Å². The zero-order valence-corrected chi connectivity index (χ0v) is 8.05. The summed E-state index contributed by atoms with van der Waals surface area (Å²) in [4.78, 5) is 20.9. The molecule has 0 aromatic heterocycles. The molecule has 0 saturated heterocycles. The van der Waals surface area contributed by atoms with Gasteiger partial charge in [-0.25, -0.2) is 0 Å². The van der Waals surface area contributed by atoms with Gasteiger partial charge in [0.2, 0.25) is 0 Å². The molecule has 0 aromatic rings. The van der Waals surface area contributed by atoms with Gasteiger partial charge in [0, 0.05) is 0 Å². The number of allylic oxidation sites excluding steroid dienone is 2. The average molecular weight is 268 g/mol. The third-order valence-corrected chi connectivity index (χ3v) is 3.88. The summed E-state index contributed by atoms with van der Waals surface area (Å²) >= 11 is 6.18. The molecule has 0 saturated carbocycles. The number of alkyl halides is 2. The highest BCUT2D eigenvalue weighted by molar-refractivity contribution is 9.12. The molecule has 0 N–H and O–H groups in total. The Labute approximate surface area is 74.9 Å². The number of hydrogen-bond acceptors (Lipinski definition) is 2. The summed E-state index contributed by atoms with van der Waals surface area (Å²) in [5, 5.41) is 0. The Morgan fingerprint density at radius 3 is 1.60 bits per heavy atom. The minimum absolute atomic E-state index is 0.0681. The van der Waals surface area contributed by atoms with E-state index in [-0.39, 0.29) is 11.6 Å². The van der Waals surface area contributed by atoms with E-state index in [2.05, 4.69) is 31.9 Å². The fourth-order valence-corrected chi connectivity index (χ4v) is 1.46. The van der Waals surface area contributed by atoms with E-state index in [1.54, 1.807) is 0 Å². The summed E-state index contributed by atoms with van der Waals surface area (Å²) in [5.74, 6) is -0.136. The van der Waals surface area contributed by atoms with Crippen LogP contribution >= 0.6 is 31.9 Å². The van der Waals surface area contributed by atoms with Crippen LogP contribution in [-0.2, 0) is 9.59 Å². The summed E-state index contributed by atoms with van der Waals surface area (Å²) in [6, 6.07) is 0. The summed E-state index contributed by atoms with van der Waals surface area (Å²) < 4.78 is 0. The predicted octanol–water partition coefficient (Wildman–Crippen LogP) is 1.22. The van der Waals surface area contributed by atoms with Crippen LogP contribution in [0.2, 0.25) is 0 Å². The van der Waals surface area contributed by atoms with Gasteiger partial charge in [-0.1, -0.05) is 31.9 Å². The average Bonchev–Trinajstić information content (AvgIpc) is 1.93. The Kier molecular flexibility index (Phi) is 2.41. The van der Waals surface area contributed by atoms with Crippen molar-refractivity contribution >= 4 is 43.4 Å². The second kappa shape index (κ2) is 2.96. The number of rotatable bonds is 0. The van der Waals surface area contributed by atoms with Gasteiger partial charge in [0.1, 0.15) is 0 Å². The van der Waals surface area contributed by atoms with Crippen molar-refractivity contribution in [3.63, 3.8) is 0 Å². The molecule has 0 amide bonds. The van der Waals surface area contributed by atoms with Gasteiger partial charge < -0.3 is 0 Å². The van der Waals surface area contributed by atoms with Gasteiger partial charge >= 0.3 is 0 Å². The summed E-state index contributed by atoms with van der Waals surface area (Å²) in [7, 11) is 0. The van der Waals surface area contributed by atoms with Crippen molar-refractivity contribution in [2.45, 2.75) is 9.65 Å². The molecule has 0 unspecified atom stereocenters. The lowest BCUT2D eigenvalue weighted by Crippen LogP contribution is -2.32. The van der Waals surface area contributed by atoms with Crippen molar-refractivity contribution in [1.29, 1.82) is 0 Å². The number of carbonyl (C=O) groups is 2. The second-order valence-corrected chi connectivity index (χ2v) is 3.91. The minimum Gasteiger partial charge on any atom is -0.294 e. The van der Waals surface area contributed by atoms with Crippen LogP contribution < -0.4 is 0 Å². The number of hydrogen-bond donors (Lipinski definition) is 0. The van der Waals surface area contributed by atoms with E-state index in [4.69, 9.17) is 0 Å². The maximum absolute atomic E-state index is 10.8. The first-order valence-electron chi connectivity index (χ1n) is 2.67. The first kappa shape index (κ1) is 8.14. The normalized spacial score (nSPS) is 33.0. The molecule has 0 aromatic carbocycles. The fraction of sp³-hybridized carbons (Fsp3) is 0.333. The Hall–Kier alpha value is 0.0400. The van der Waals surface area contributed by atoms with Crippen LogP contribution in [0.4, 0.5) is 0 Å². The van der Waals surface area contributed by atoms with Crippen LogP contribution in [0, 0.1) is 0 Å². The van der Waals surface area contributed by atoms with Crippen molar-refractivity contribution in [3.05, 3.63) is 12.2 Å². The zero-order chi connectivity index (χ0) is 7.72. The molecule has 54 valence electrons. The van der Waals surface area contributed by atoms with Crippen LogP contribution in [0.3, 0.4) is 0 Å². The highest BCUT2D eigenvalue weighted by Gasteiger charge is 2.29. The lowest BCUT2D eigenvalue weighted by Gasteiger charge is -2.14. The highest BCUT2D eigenvalue weighted by atomic mass is 79.9. The molecule has 10 heavy (non-hydrogen) atoms. The van der Waals surface area contributed by atoms with Crippen LogP contribution in [0.1, 0.15) is 0 Å². The van der Waals surface area contributed by atoms with E-state index in [0.717, 1.165) is 0 Å². The number of carbonyl (C=O) groups excluding carboxylic acids is 2. The maximum Gasteiger partial charge on any atom is 0.171 e. The second-order valence-electron chi connectivity index (χ2n) is 1.94. The molecule has 1 rings (SSSR count). The molecule has 1 aliphatic rings. The first-order chi connectivity index (χ1) is 4.63. The van der Waals surface area contributed by atoms with Crippen LogP contribution in [0.25, 0.3) is 0 Å². The molecule has 0 aliphatic heterocycles. The number of halogens is 2. The molecule has 2 nitrogen and oxygen atoms in total. The van der Waals surface area contributed by atoms with Gasteiger partial charge in [0.05, 0.1) is 9.65 Å². The molecule has 0 spiro atoms. The molecule has 1 aliphatic carbocycles. The Balaban J connectivity index is 2.89. The van der Waals surface area contributed by atoms with E-state index in [9.17, 15) is 9.59 Å². The third-order valence-electron chi connectivity index (χ3n) is 1.21. The maximum atomic E-state index is 10.8. The topological polar surface area (TPSA) is 34.1 Å². The smallest absolute Gasteiger partial charge is 0.171 e. The molecule has 0 radical (unpaired) electrons. The predicted molar refractivity (Wildman–Crippen MR) is 44.6 cm³/mol. The highest BCUT2D eigenvalue weighted by Crippen LogP contribution is 2.20. The van der Waals surface area contributed by atoms with Crippen LogP contribution in [0.15, 0.2) is 12.2 Å². The monoisotopic (exact) mass is 266 g/mol. The SMILES string of the molecule is O=C1C=CC(=O)[C@H](Br)[C@@H]1Br. The van der Waals surface area contributed by atoms with Gasteiger partial charge in [0.25, 0.3) is 0 Å². The third kappa shape index (κ3) is 1.37. The minimum atomic E-state index is -0.398. The van der Waals surface area contributed by atoms with E-state index >= 15 is 0 Å². The number of ketones is 2. The van der Waals surface area contributed by atoms with Crippen molar-refractivity contribution < 1.29 is 9.59 Å². The van der Waals surface area contributed by atoms with Gasteiger partial charge in [-0.05, 0) is 12.2 Å². The fourth-order valence-electron chi connectivity index (χ4n) is 0.637. The summed E-state index contributed by atoms with van der Waals surface area (Å²) in [6.07, 6.45) is 2.58. The van der Waals surface area contributed by atoms with E-state index < -0.39 is 9.65 Å². The molecular weight excluding hydrogens is 264 g/mol. The Morgan fingerprint density at radius 2 is 1.30 bits per heavy atom. The molecular formula is C6H4Br2O2. The standard InChI is InChI=1S/C6H4Br2O2/c7-5-3(9)1-2-4(10)6(5)8/h1-2,5-6H/t5-,6+. The van der Waals surface area contributed by atoms with Gasteiger partial charge in [-0.2, -0.15) is 0 Å². The van der Waals surface area contributed by atoms with Gasteiger partial charge in [0.15, 0.2) is 11.6 Å². The molecule has 2 atom stereocenters. The van der Waals surface area contributed by atoms with Crippen molar-refractivity contribution in [3.8, 4) is 0 Å². The van der Waals surface area contributed by atoms with Crippen LogP contribution in [0.5, 0.6) is 0 Å². The largest absolute Gasteiger partial charge is 0.294 e. The zero-order valence-electron chi connectivity index (χ0n) is 4.88. The lowest BCUT2D eigenvalue weighted by molar-refractivity contribution is -0.119. The molecule has 0 fully saturated rings. The van der Waals surface area contributed by atoms with E-state index in [0.29, 0.717) is 0 Å². The lowest BCUT2D eigenvalue weighted by atomic mass is 10.1. The first-order valence-corrected chi connectivity index (χ1v) is 4.50. The Bertz CT molecular complexity index is 188. The summed E-state index contributed by atoms with van der Waals surface area (Å²) in [5.41, 5.74) is 0. The van der Waals surface area contributed by atoms with Crippen molar-refractivity contribution in [2.75, 3.05) is 0 Å². The van der Waals surface area contributed by atoms with Crippen LogP contribution in [-0.4, -0.2) is 21.2 Å². The molecule has 4 heteroatoms. The van der Waals surface area contributed by atoms with Crippen molar-refractivity contribution in [2.24, 2.45) is 0 Å². The summed E-state index contributed by atoms with van der Waals surface area (Å²) in [6.45, 7) is 0.